The van der Waals surface area contributed by atoms with E-state index in [1.165, 1.54) is 6.42 Å². The molecule has 2 bridgehead atoms. The minimum atomic E-state index is -0.111. The van der Waals surface area contributed by atoms with Gasteiger partial charge in [-0.1, -0.05) is 13.3 Å². The lowest BCUT2D eigenvalue weighted by atomic mass is 9.94. The van der Waals surface area contributed by atoms with Gasteiger partial charge >= 0.3 is 6.09 Å². The van der Waals surface area contributed by atoms with Crippen LogP contribution in [0.2, 0.25) is 0 Å². The highest BCUT2D eigenvalue weighted by atomic mass is 16.6. The van der Waals surface area contributed by atoms with Crippen molar-refractivity contribution in [3.05, 3.63) is 0 Å². The fourth-order valence-corrected chi connectivity index (χ4v) is 2.32. The van der Waals surface area contributed by atoms with Gasteiger partial charge in [0.15, 0.2) is 0 Å². The number of amides is 1. The van der Waals surface area contributed by atoms with Crippen LogP contribution in [-0.4, -0.2) is 42.8 Å². The Kier molecular flexibility index (Phi) is 3.46. The van der Waals surface area contributed by atoms with Crippen LogP contribution in [0.1, 0.15) is 32.6 Å². The Morgan fingerprint density at radius 2 is 2.40 bits per heavy atom. The van der Waals surface area contributed by atoms with Crippen molar-refractivity contribution in [3.8, 4) is 0 Å². The highest BCUT2D eigenvalue weighted by molar-refractivity contribution is 5.68. The van der Waals surface area contributed by atoms with Gasteiger partial charge < -0.3 is 15.0 Å². The van der Waals surface area contributed by atoms with Crippen LogP contribution in [0, 0.1) is 0 Å². The van der Waals surface area contributed by atoms with Crippen LogP contribution in [0.25, 0.3) is 0 Å². The molecule has 3 heterocycles. The molecule has 0 radical (unpaired) electrons. The predicted octanol–water partition coefficient (Wildman–Crippen LogP) is 1.36. The molecule has 0 aliphatic carbocycles. The lowest BCUT2D eigenvalue weighted by Crippen LogP contribution is -2.62. The smallest absolute Gasteiger partial charge is 0.410 e. The van der Waals surface area contributed by atoms with Crippen LogP contribution in [0.5, 0.6) is 0 Å². The number of nitrogens with zero attached hydrogens (tertiary/aromatic N) is 1. The van der Waals surface area contributed by atoms with E-state index in [9.17, 15) is 4.79 Å². The van der Waals surface area contributed by atoms with Crippen LogP contribution < -0.4 is 5.32 Å². The standard InChI is InChI=1S/C11H20N2O2/c1-2-3-6-15-11(14)13-8-9-4-5-10(13)7-12-9/h9-10,12H,2-8H2,1H3. The van der Waals surface area contributed by atoms with E-state index in [-0.39, 0.29) is 6.09 Å². The molecule has 1 amide bonds. The summed E-state index contributed by atoms with van der Waals surface area (Å²) in [4.78, 5) is 13.6. The normalized spacial score (nSPS) is 29.3. The second-order valence-electron chi connectivity index (χ2n) is 4.46. The minimum Gasteiger partial charge on any atom is -0.449 e. The van der Waals surface area contributed by atoms with Gasteiger partial charge in [-0.05, 0) is 19.3 Å². The van der Waals surface area contributed by atoms with Crippen molar-refractivity contribution in [1.82, 2.24) is 10.2 Å². The summed E-state index contributed by atoms with van der Waals surface area (Å²) in [6, 6.07) is 0.859. The van der Waals surface area contributed by atoms with Gasteiger partial charge in [0.25, 0.3) is 0 Å². The molecule has 4 nitrogen and oxygen atoms in total. The zero-order chi connectivity index (χ0) is 10.7. The van der Waals surface area contributed by atoms with Crippen molar-refractivity contribution in [3.63, 3.8) is 0 Å². The number of ether oxygens (including phenoxy) is 1. The van der Waals surface area contributed by atoms with Crippen LogP contribution in [0.4, 0.5) is 4.79 Å². The van der Waals surface area contributed by atoms with Gasteiger partial charge in [-0.3, -0.25) is 0 Å². The maximum atomic E-state index is 11.7. The maximum absolute atomic E-state index is 11.7. The SMILES string of the molecule is CCCCOC(=O)N1CC2CCC1CN2. The largest absolute Gasteiger partial charge is 0.449 e. The summed E-state index contributed by atoms with van der Waals surface area (Å²) in [7, 11) is 0. The van der Waals surface area contributed by atoms with Crippen molar-refractivity contribution in [2.75, 3.05) is 19.7 Å². The Labute approximate surface area is 91.0 Å². The Bertz CT molecular complexity index is 225. The molecule has 0 spiro atoms. The van der Waals surface area contributed by atoms with E-state index in [4.69, 9.17) is 4.74 Å². The molecule has 2 atom stereocenters. The second kappa shape index (κ2) is 4.84. The van der Waals surface area contributed by atoms with Gasteiger partial charge in [0.05, 0.1) is 6.61 Å². The van der Waals surface area contributed by atoms with E-state index in [0.29, 0.717) is 18.7 Å². The molecule has 0 aromatic heterocycles. The van der Waals surface area contributed by atoms with Gasteiger partial charge in [0, 0.05) is 25.2 Å². The third-order valence-corrected chi connectivity index (χ3v) is 3.31. The number of carbonyl (C=O) groups excluding carboxylic acids is 1. The molecule has 2 unspecified atom stereocenters. The van der Waals surface area contributed by atoms with Gasteiger partial charge in [0.1, 0.15) is 0 Å². The van der Waals surface area contributed by atoms with Crippen molar-refractivity contribution in [1.29, 1.82) is 0 Å². The number of unbranched alkanes of at least 4 members (excludes halogenated alkanes) is 1. The fourth-order valence-electron chi connectivity index (χ4n) is 2.32. The molecule has 15 heavy (non-hydrogen) atoms. The van der Waals surface area contributed by atoms with Gasteiger partial charge in [-0.15, -0.1) is 0 Å². The summed E-state index contributed by atoms with van der Waals surface area (Å²) in [6.07, 6.45) is 4.25. The first-order valence-electron chi connectivity index (χ1n) is 5.98. The number of hydrogen-bond acceptors (Lipinski definition) is 3. The molecular weight excluding hydrogens is 192 g/mol. The van der Waals surface area contributed by atoms with E-state index >= 15 is 0 Å². The molecular formula is C11H20N2O2. The highest BCUT2D eigenvalue weighted by Crippen LogP contribution is 2.22. The molecule has 0 aromatic rings. The summed E-state index contributed by atoms with van der Waals surface area (Å²) < 4.78 is 5.23. The molecule has 86 valence electrons. The second-order valence-corrected chi connectivity index (χ2v) is 4.46. The van der Waals surface area contributed by atoms with Crippen molar-refractivity contribution < 1.29 is 9.53 Å². The van der Waals surface area contributed by atoms with Crippen LogP contribution in [0.15, 0.2) is 0 Å². The number of rotatable bonds is 3. The van der Waals surface area contributed by atoms with E-state index < -0.39 is 0 Å². The summed E-state index contributed by atoms with van der Waals surface area (Å²) in [5.74, 6) is 0. The van der Waals surface area contributed by atoms with E-state index in [1.807, 2.05) is 4.90 Å². The van der Waals surface area contributed by atoms with Crippen molar-refractivity contribution in [2.45, 2.75) is 44.7 Å². The van der Waals surface area contributed by atoms with E-state index in [1.54, 1.807) is 0 Å². The maximum Gasteiger partial charge on any atom is 0.410 e. The highest BCUT2D eigenvalue weighted by Gasteiger charge is 2.36. The quantitative estimate of drug-likeness (QED) is 0.718. The lowest BCUT2D eigenvalue weighted by Gasteiger charge is -2.45. The summed E-state index contributed by atoms with van der Waals surface area (Å²) in [5.41, 5.74) is 0. The summed E-state index contributed by atoms with van der Waals surface area (Å²) in [5, 5.41) is 3.42. The van der Waals surface area contributed by atoms with Gasteiger partial charge in [0.2, 0.25) is 0 Å². The Morgan fingerprint density at radius 1 is 1.53 bits per heavy atom. The molecule has 0 saturated carbocycles. The first-order chi connectivity index (χ1) is 7.31. The van der Waals surface area contributed by atoms with Gasteiger partial charge in [-0.25, -0.2) is 4.79 Å². The molecule has 3 fully saturated rings. The number of hydrogen-bond donors (Lipinski definition) is 1. The van der Waals surface area contributed by atoms with E-state index in [2.05, 4.69) is 12.2 Å². The van der Waals surface area contributed by atoms with Crippen molar-refractivity contribution >= 4 is 6.09 Å². The fraction of sp³-hybridized carbons (Fsp3) is 0.909. The zero-order valence-electron chi connectivity index (χ0n) is 9.37. The number of carbonyl (C=O) groups is 1. The summed E-state index contributed by atoms with van der Waals surface area (Å²) in [6.45, 7) is 4.43. The van der Waals surface area contributed by atoms with E-state index in [0.717, 1.165) is 32.4 Å². The lowest BCUT2D eigenvalue weighted by molar-refractivity contribution is 0.0440. The number of nitrogens with one attached hydrogen (secondary N) is 1. The number of fused-ring (bicyclic) bond motifs is 3. The first-order valence-corrected chi connectivity index (χ1v) is 5.98. The average Bonchev–Trinajstić information content (AvgIpc) is 2.30. The minimum absolute atomic E-state index is 0.111. The molecule has 1 N–H and O–H groups in total. The molecule has 0 aromatic carbocycles. The predicted molar refractivity (Wildman–Crippen MR) is 57.8 cm³/mol. The van der Waals surface area contributed by atoms with Crippen LogP contribution >= 0.6 is 0 Å². The Morgan fingerprint density at radius 3 is 2.93 bits per heavy atom. The summed E-state index contributed by atoms with van der Waals surface area (Å²) >= 11 is 0. The Hall–Kier alpha value is -0.770. The number of piperazine rings is 1. The average molecular weight is 212 g/mol. The molecule has 3 aliphatic heterocycles. The molecule has 3 aliphatic rings. The Balaban J connectivity index is 1.80. The molecule has 3 rings (SSSR count). The van der Waals surface area contributed by atoms with Gasteiger partial charge in [-0.2, -0.15) is 0 Å². The molecule has 3 saturated heterocycles. The van der Waals surface area contributed by atoms with Crippen LogP contribution in [-0.2, 0) is 4.74 Å². The van der Waals surface area contributed by atoms with Crippen molar-refractivity contribution in [2.24, 2.45) is 0 Å². The first kappa shape index (κ1) is 10.7. The molecule has 4 heteroatoms. The number of piperidine rings is 2. The topological polar surface area (TPSA) is 41.6 Å². The zero-order valence-corrected chi connectivity index (χ0v) is 9.37. The third kappa shape index (κ3) is 2.43. The third-order valence-electron chi connectivity index (χ3n) is 3.31. The van der Waals surface area contributed by atoms with Crippen LogP contribution in [0.3, 0.4) is 0 Å². The monoisotopic (exact) mass is 212 g/mol.